The minimum absolute atomic E-state index is 0. The van der Waals surface area contributed by atoms with Gasteiger partial charge in [0.25, 0.3) is 0 Å². The number of carboxylic acid groups (broad SMARTS) is 1. The van der Waals surface area contributed by atoms with Crippen molar-refractivity contribution in [3.63, 3.8) is 0 Å². The normalized spacial score (nSPS) is 9.90. The first-order chi connectivity index (χ1) is 9.04. The number of hydrogen-bond acceptors (Lipinski definition) is 7. The fraction of sp³-hybridized carbons (Fsp3) is 0.273. The zero-order valence-electron chi connectivity index (χ0n) is 10.7. The third-order valence-corrected chi connectivity index (χ3v) is 3.68. The van der Waals surface area contributed by atoms with Gasteiger partial charge in [0.1, 0.15) is 28.4 Å². The topological polar surface area (TPSA) is 101 Å². The van der Waals surface area contributed by atoms with E-state index in [2.05, 4.69) is 15.3 Å². The Labute approximate surface area is 124 Å². The third-order valence-electron chi connectivity index (χ3n) is 2.50. The highest BCUT2D eigenvalue weighted by Gasteiger charge is 2.19. The summed E-state index contributed by atoms with van der Waals surface area (Å²) in [5, 5.41) is 12.0. The standard InChI is InChI=1S/C11H11N3O4S.ClH/c1-5-7-9(12-3-6(15)16)13-4-14-10(7)19-8(5)11(17)18-2;/h4H,3H2,1-2H3,(H,15,16)(H,12,13,14);1H. The number of carbonyl (C=O) groups is 2. The van der Waals surface area contributed by atoms with E-state index in [1.54, 1.807) is 6.92 Å². The quantitative estimate of drug-likeness (QED) is 0.827. The molecule has 0 aliphatic carbocycles. The van der Waals surface area contributed by atoms with E-state index < -0.39 is 11.9 Å². The first-order valence-corrected chi connectivity index (χ1v) is 6.14. The molecule has 2 aromatic heterocycles. The van der Waals surface area contributed by atoms with E-state index in [1.165, 1.54) is 24.8 Å². The van der Waals surface area contributed by atoms with Gasteiger partial charge >= 0.3 is 11.9 Å². The molecule has 20 heavy (non-hydrogen) atoms. The number of halogens is 1. The fourth-order valence-corrected chi connectivity index (χ4v) is 2.72. The second kappa shape index (κ2) is 6.49. The maximum absolute atomic E-state index is 11.6. The average Bonchev–Trinajstić information content (AvgIpc) is 2.73. The van der Waals surface area contributed by atoms with Crippen molar-refractivity contribution < 1.29 is 19.4 Å². The molecule has 7 nitrogen and oxygen atoms in total. The van der Waals surface area contributed by atoms with E-state index in [9.17, 15) is 9.59 Å². The first-order valence-electron chi connectivity index (χ1n) is 5.32. The number of nitrogens with one attached hydrogen (secondary N) is 1. The molecule has 0 unspecified atom stereocenters. The number of hydrogen-bond donors (Lipinski definition) is 2. The van der Waals surface area contributed by atoms with Crippen LogP contribution in [0.3, 0.4) is 0 Å². The van der Waals surface area contributed by atoms with Crippen LogP contribution in [0.4, 0.5) is 5.82 Å². The van der Waals surface area contributed by atoms with E-state index in [0.29, 0.717) is 26.5 Å². The third kappa shape index (κ3) is 2.97. The van der Waals surface area contributed by atoms with E-state index in [4.69, 9.17) is 9.84 Å². The summed E-state index contributed by atoms with van der Waals surface area (Å²) in [5.41, 5.74) is 0.681. The monoisotopic (exact) mass is 317 g/mol. The zero-order chi connectivity index (χ0) is 14.0. The summed E-state index contributed by atoms with van der Waals surface area (Å²) in [7, 11) is 1.31. The summed E-state index contributed by atoms with van der Waals surface area (Å²) in [5.74, 6) is -1.03. The van der Waals surface area contributed by atoms with E-state index in [0.717, 1.165) is 0 Å². The Morgan fingerprint density at radius 3 is 2.75 bits per heavy atom. The first kappa shape index (κ1) is 16.1. The lowest BCUT2D eigenvalue weighted by Gasteiger charge is -2.04. The Hall–Kier alpha value is -1.93. The van der Waals surface area contributed by atoms with Crippen molar-refractivity contribution >= 4 is 51.7 Å². The largest absolute Gasteiger partial charge is 0.480 e. The SMILES string of the molecule is COC(=O)c1sc2ncnc(NCC(=O)O)c2c1C.Cl. The summed E-state index contributed by atoms with van der Waals surface area (Å²) in [4.78, 5) is 31.3. The average molecular weight is 318 g/mol. The second-order valence-corrected chi connectivity index (χ2v) is 4.70. The van der Waals surface area contributed by atoms with Gasteiger partial charge in [-0.25, -0.2) is 14.8 Å². The molecule has 2 rings (SSSR count). The number of rotatable bonds is 4. The summed E-state index contributed by atoms with van der Waals surface area (Å²) in [6.45, 7) is 1.50. The van der Waals surface area contributed by atoms with E-state index in [-0.39, 0.29) is 19.0 Å². The van der Waals surface area contributed by atoms with Crippen LogP contribution in [0, 0.1) is 6.92 Å². The highest BCUT2D eigenvalue weighted by atomic mass is 35.5. The predicted octanol–water partition coefficient (Wildman–Crippen LogP) is 1.70. The molecule has 0 aliphatic heterocycles. The number of thiophene rings is 1. The molecule has 0 bridgehead atoms. The summed E-state index contributed by atoms with van der Waals surface area (Å²) in [6.07, 6.45) is 1.32. The maximum Gasteiger partial charge on any atom is 0.348 e. The van der Waals surface area contributed by atoms with Gasteiger partial charge in [-0.15, -0.1) is 23.7 Å². The van der Waals surface area contributed by atoms with Gasteiger partial charge in [-0.2, -0.15) is 0 Å². The number of nitrogens with zero attached hydrogens (tertiary/aromatic N) is 2. The lowest BCUT2D eigenvalue weighted by molar-refractivity contribution is -0.134. The molecule has 0 aliphatic rings. The Morgan fingerprint density at radius 2 is 2.15 bits per heavy atom. The van der Waals surface area contributed by atoms with Crippen LogP contribution in [-0.4, -0.2) is 40.7 Å². The van der Waals surface area contributed by atoms with Crippen LogP contribution < -0.4 is 5.32 Å². The molecule has 0 aromatic carbocycles. The zero-order valence-corrected chi connectivity index (χ0v) is 12.3. The molecule has 2 aromatic rings. The van der Waals surface area contributed by atoms with Gasteiger partial charge in [-0.05, 0) is 12.5 Å². The van der Waals surface area contributed by atoms with Crippen molar-refractivity contribution in [3.8, 4) is 0 Å². The van der Waals surface area contributed by atoms with Gasteiger partial charge in [-0.3, -0.25) is 4.79 Å². The number of fused-ring (bicyclic) bond motifs is 1. The number of anilines is 1. The van der Waals surface area contributed by atoms with Gasteiger partial charge in [0.15, 0.2) is 0 Å². The van der Waals surface area contributed by atoms with E-state index >= 15 is 0 Å². The van der Waals surface area contributed by atoms with Crippen LogP contribution in [0.2, 0.25) is 0 Å². The van der Waals surface area contributed by atoms with Gasteiger partial charge in [-0.1, -0.05) is 0 Å². The molecule has 108 valence electrons. The number of aryl methyl sites for hydroxylation is 1. The van der Waals surface area contributed by atoms with Crippen molar-refractivity contribution in [1.82, 2.24) is 9.97 Å². The van der Waals surface area contributed by atoms with Gasteiger partial charge in [0.05, 0.1) is 12.5 Å². The van der Waals surface area contributed by atoms with Crippen LogP contribution in [0.15, 0.2) is 6.33 Å². The van der Waals surface area contributed by atoms with Crippen LogP contribution >= 0.6 is 23.7 Å². The summed E-state index contributed by atoms with van der Waals surface area (Å²) in [6, 6.07) is 0. The van der Waals surface area contributed by atoms with Gasteiger partial charge in [0.2, 0.25) is 0 Å². The Morgan fingerprint density at radius 1 is 1.45 bits per heavy atom. The predicted molar refractivity (Wildman–Crippen MR) is 76.9 cm³/mol. The lowest BCUT2D eigenvalue weighted by atomic mass is 10.2. The number of carbonyl (C=O) groups excluding carboxylic acids is 1. The molecule has 0 saturated heterocycles. The molecule has 0 spiro atoms. The number of aliphatic carboxylic acids is 1. The smallest absolute Gasteiger partial charge is 0.348 e. The fourth-order valence-electron chi connectivity index (χ4n) is 1.65. The van der Waals surface area contributed by atoms with Crippen molar-refractivity contribution in [2.24, 2.45) is 0 Å². The molecule has 2 heterocycles. The Bertz CT molecular complexity index is 658. The van der Waals surface area contributed by atoms with Crippen LogP contribution in [0.1, 0.15) is 15.2 Å². The summed E-state index contributed by atoms with van der Waals surface area (Å²) >= 11 is 1.19. The number of carboxylic acids is 1. The van der Waals surface area contributed by atoms with Gasteiger partial charge < -0.3 is 15.2 Å². The molecular weight excluding hydrogens is 306 g/mol. The highest BCUT2D eigenvalue weighted by Crippen LogP contribution is 2.33. The lowest BCUT2D eigenvalue weighted by Crippen LogP contribution is -2.13. The number of esters is 1. The molecule has 0 saturated carbocycles. The number of aromatic nitrogens is 2. The molecule has 0 atom stereocenters. The van der Waals surface area contributed by atoms with Crippen LogP contribution in [0.25, 0.3) is 10.2 Å². The Kier molecular flexibility index (Phi) is 5.23. The van der Waals surface area contributed by atoms with Gasteiger partial charge in [0, 0.05) is 0 Å². The molecule has 9 heteroatoms. The van der Waals surface area contributed by atoms with Crippen molar-refractivity contribution in [1.29, 1.82) is 0 Å². The molecule has 0 fully saturated rings. The number of ether oxygens (including phenoxy) is 1. The Balaban J connectivity index is 0.00000200. The summed E-state index contributed by atoms with van der Waals surface area (Å²) < 4.78 is 4.69. The highest BCUT2D eigenvalue weighted by molar-refractivity contribution is 7.20. The molecule has 0 amide bonds. The van der Waals surface area contributed by atoms with E-state index in [1.807, 2.05) is 0 Å². The molecular formula is C11H12ClN3O4S. The minimum Gasteiger partial charge on any atom is -0.480 e. The molecule has 0 radical (unpaired) electrons. The van der Waals surface area contributed by atoms with Crippen molar-refractivity contribution in [2.45, 2.75) is 6.92 Å². The molecule has 2 N–H and O–H groups in total. The van der Waals surface area contributed by atoms with Crippen LogP contribution in [-0.2, 0) is 9.53 Å². The van der Waals surface area contributed by atoms with Crippen LogP contribution in [0.5, 0.6) is 0 Å². The van der Waals surface area contributed by atoms with Crippen molar-refractivity contribution in [3.05, 3.63) is 16.8 Å². The maximum atomic E-state index is 11.6. The minimum atomic E-state index is -0.993. The number of methoxy groups -OCH3 is 1. The van der Waals surface area contributed by atoms with Crippen molar-refractivity contribution in [2.75, 3.05) is 19.0 Å². The second-order valence-electron chi connectivity index (χ2n) is 3.70.